The Balaban J connectivity index is 1.42. The second kappa shape index (κ2) is 8.78. The highest BCUT2D eigenvalue weighted by atomic mass is 16.5. The average molecular weight is 401 g/mol. The molecule has 0 radical (unpaired) electrons. The van der Waals surface area contributed by atoms with Crippen molar-refractivity contribution in [1.82, 2.24) is 9.97 Å². The Bertz CT molecular complexity index is 1120. The Labute approximate surface area is 174 Å². The highest BCUT2D eigenvalue weighted by Gasteiger charge is 2.11. The van der Waals surface area contributed by atoms with E-state index in [-0.39, 0.29) is 5.91 Å². The second-order valence-electron chi connectivity index (χ2n) is 7.43. The minimum atomic E-state index is -0.192. The SMILES string of the molecule is CC(C)CCOc1cccc(C(=O)Nc2ccc(-c3nc4ncccc4o3)cc2)c1. The first-order chi connectivity index (χ1) is 14.6. The Morgan fingerprint density at radius 1 is 1.10 bits per heavy atom. The molecule has 2 heterocycles. The van der Waals surface area contributed by atoms with Crippen LogP contribution in [0.5, 0.6) is 5.75 Å². The van der Waals surface area contributed by atoms with Crippen molar-refractivity contribution in [2.45, 2.75) is 20.3 Å². The summed E-state index contributed by atoms with van der Waals surface area (Å²) in [6, 6.07) is 18.2. The van der Waals surface area contributed by atoms with Crippen LogP contribution in [0.4, 0.5) is 5.69 Å². The van der Waals surface area contributed by atoms with Crippen LogP contribution in [-0.4, -0.2) is 22.5 Å². The maximum absolute atomic E-state index is 12.6. The van der Waals surface area contributed by atoms with E-state index in [4.69, 9.17) is 9.15 Å². The van der Waals surface area contributed by atoms with Gasteiger partial charge in [-0.15, -0.1) is 0 Å². The molecule has 0 unspecified atom stereocenters. The van der Waals surface area contributed by atoms with E-state index in [1.54, 1.807) is 24.4 Å². The van der Waals surface area contributed by atoms with Crippen LogP contribution in [0.3, 0.4) is 0 Å². The van der Waals surface area contributed by atoms with Crippen LogP contribution in [0.15, 0.2) is 71.3 Å². The van der Waals surface area contributed by atoms with Gasteiger partial charge in [-0.2, -0.15) is 4.98 Å². The summed E-state index contributed by atoms with van der Waals surface area (Å²) >= 11 is 0. The molecule has 0 aliphatic rings. The summed E-state index contributed by atoms with van der Waals surface area (Å²) in [5.41, 5.74) is 3.25. The minimum Gasteiger partial charge on any atom is -0.494 e. The first kappa shape index (κ1) is 19.6. The third kappa shape index (κ3) is 4.66. The lowest BCUT2D eigenvalue weighted by Crippen LogP contribution is -2.12. The summed E-state index contributed by atoms with van der Waals surface area (Å²) in [7, 11) is 0. The Kier molecular flexibility index (Phi) is 5.75. The van der Waals surface area contributed by atoms with Crippen LogP contribution in [0.2, 0.25) is 0 Å². The van der Waals surface area contributed by atoms with E-state index in [1.807, 2.05) is 42.5 Å². The summed E-state index contributed by atoms with van der Waals surface area (Å²) in [6.45, 7) is 4.94. The predicted molar refractivity (Wildman–Crippen MR) is 117 cm³/mol. The number of rotatable bonds is 7. The molecule has 0 fully saturated rings. The molecule has 0 saturated heterocycles. The number of nitrogens with one attached hydrogen (secondary N) is 1. The number of amides is 1. The molecule has 6 heteroatoms. The average Bonchev–Trinajstić information content (AvgIpc) is 3.18. The number of carbonyl (C=O) groups is 1. The quantitative estimate of drug-likeness (QED) is 0.438. The number of carbonyl (C=O) groups excluding carboxylic acids is 1. The van der Waals surface area contributed by atoms with Crippen LogP contribution in [-0.2, 0) is 0 Å². The van der Waals surface area contributed by atoms with E-state index in [9.17, 15) is 4.79 Å². The highest BCUT2D eigenvalue weighted by molar-refractivity contribution is 6.04. The van der Waals surface area contributed by atoms with Crippen molar-refractivity contribution in [1.29, 1.82) is 0 Å². The third-order valence-electron chi connectivity index (χ3n) is 4.61. The lowest BCUT2D eigenvalue weighted by atomic mass is 10.1. The van der Waals surface area contributed by atoms with Crippen LogP contribution in [0.1, 0.15) is 30.6 Å². The van der Waals surface area contributed by atoms with E-state index in [1.165, 1.54) is 0 Å². The van der Waals surface area contributed by atoms with Crippen molar-refractivity contribution in [3.05, 3.63) is 72.4 Å². The molecule has 0 saturated carbocycles. The number of nitrogens with zero attached hydrogens (tertiary/aromatic N) is 2. The molecule has 0 aliphatic carbocycles. The van der Waals surface area contributed by atoms with Gasteiger partial charge in [-0.3, -0.25) is 4.79 Å². The zero-order valence-corrected chi connectivity index (χ0v) is 17.0. The third-order valence-corrected chi connectivity index (χ3v) is 4.61. The first-order valence-electron chi connectivity index (χ1n) is 9.95. The van der Waals surface area contributed by atoms with Gasteiger partial charge >= 0.3 is 0 Å². The number of anilines is 1. The fourth-order valence-electron chi connectivity index (χ4n) is 2.93. The fourth-order valence-corrected chi connectivity index (χ4v) is 2.93. The topological polar surface area (TPSA) is 77.2 Å². The second-order valence-corrected chi connectivity index (χ2v) is 7.43. The standard InChI is InChI=1S/C24H23N3O3/c1-16(2)12-14-29-20-6-3-5-18(15-20)23(28)26-19-10-8-17(9-11-19)24-27-22-21(30-24)7-4-13-25-22/h3-11,13,15-16H,12,14H2,1-2H3,(H,26,28). The molecule has 30 heavy (non-hydrogen) atoms. The summed E-state index contributed by atoms with van der Waals surface area (Å²) in [5.74, 6) is 1.57. The van der Waals surface area contributed by atoms with Gasteiger partial charge in [0.15, 0.2) is 11.2 Å². The largest absolute Gasteiger partial charge is 0.494 e. The lowest BCUT2D eigenvalue weighted by molar-refractivity contribution is 0.102. The monoisotopic (exact) mass is 401 g/mol. The molecular formula is C24H23N3O3. The molecule has 0 aliphatic heterocycles. The number of benzene rings is 2. The van der Waals surface area contributed by atoms with Gasteiger partial charge < -0.3 is 14.5 Å². The van der Waals surface area contributed by atoms with Crippen LogP contribution >= 0.6 is 0 Å². The highest BCUT2D eigenvalue weighted by Crippen LogP contribution is 2.24. The summed E-state index contributed by atoms with van der Waals surface area (Å²) in [5, 5.41) is 2.91. The zero-order chi connectivity index (χ0) is 20.9. The maximum atomic E-state index is 12.6. The van der Waals surface area contributed by atoms with E-state index < -0.39 is 0 Å². The summed E-state index contributed by atoms with van der Waals surface area (Å²) < 4.78 is 11.5. The predicted octanol–water partition coefficient (Wildman–Crippen LogP) is 5.57. The Morgan fingerprint density at radius 3 is 2.70 bits per heavy atom. The van der Waals surface area contributed by atoms with Gasteiger partial charge in [-0.1, -0.05) is 19.9 Å². The fraction of sp³-hybridized carbons (Fsp3) is 0.208. The number of oxazole rings is 1. The van der Waals surface area contributed by atoms with Crippen LogP contribution in [0, 0.1) is 5.92 Å². The molecular weight excluding hydrogens is 378 g/mol. The lowest BCUT2D eigenvalue weighted by Gasteiger charge is -2.10. The molecule has 0 spiro atoms. The molecule has 0 bridgehead atoms. The normalized spacial score (nSPS) is 11.0. The number of hydrogen-bond donors (Lipinski definition) is 1. The first-order valence-corrected chi connectivity index (χ1v) is 9.95. The molecule has 4 rings (SSSR count). The molecule has 0 atom stereocenters. The molecule has 152 valence electrons. The van der Waals surface area contributed by atoms with E-state index in [0.29, 0.717) is 46.6 Å². The summed E-state index contributed by atoms with van der Waals surface area (Å²) in [6.07, 6.45) is 2.65. The van der Waals surface area contributed by atoms with Crippen molar-refractivity contribution < 1.29 is 13.9 Å². The van der Waals surface area contributed by atoms with Gasteiger partial charge in [-0.25, -0.2) is 4.98 Å². The van der Waals surface area contributed by atoms with E-state index in [0.717, 1.165) is 12.0 Å². The molecule has 1 N–H and O–H groups in total. The minimum absolute atomic E-state index is 0.192. The number of pyridine rings is 1. The van der Waals surface area contributed by atoms with Crippen molar-refractivity contribution in [3.63, 3.8) is 0 Å². The number of hydrogen-bond acceptors (Lipinski definition) is 5. The van der Waals surface area contributed by atoms with Crippen molar-refractivity contribution >= 4 is 22.8 Å². The van der Waals surface area contributed by atoms with Crippen LogP contribution in [0.25, 0.3) is 22.7 Å². The van der Waals surface area contributed by atoms with Gasteiger partial charge in [0.1, 0.15) is 5.75 Å². The van der Waals surface area contributed by atoms with Gasteiger partial charge in [0.2, 0.25) is 5.89 Å². The van der Waals surface area contributed by atoms with E-state index in [2.05, 4.69) is 29.1 Å². The van der Waals surface area contributed by atoms with Crippen molar-refractivity contribution in [3.8, 4) is 17.2 Å². The maximum Gasteiger partial charge on any atom is 0.255 e. The number of ether oxygens (including phenoxy) is 1. The van der Waals surface area contributed by atoms with Gasteiger partial charge in [0.05, 0.1) is 6.61 Å². The number of aromatic nitrogens is 2. The Hall–Kier alpha value is -3.67. The molecule has 2 aromatic carbocycles. The van der Waals surface area contributed by atoms with Crippen molar-refractivity contribution in [2.24, 2.45) is 5.92 Å². The Morgan fingerprint density at radius 2 is 1.93 bits per heavy atom. The van der Waals surface area contributed by atoms with Crippen LogP contribution < -0.4 is 10.1 Å². The molecule has 2 aromatic heterocycles. The number of fused-ring (bicyclic) bond motifs is 1. The van der Waals surface area contributed by atoms with Gasteiger partial charge in [0.25, 0.3) is 5.91 Å². The zero-order valence-electron chi connectivity index (χ0n) is 17.0. The van der Waals surface area contributed by atoms with Gasteiger partial charge in [-0.05, 0) is 66.9 Å². The molecule has 6 nitrogen and oxygen atoms in total. The van der Waals surface area contributed by atoms with Gasteiger partial charge in [0, 0.05) is 23.0 Å². The summed E-state index contributed by atoms with van der Waals surface area (Å²) in [4.78, 5) is 21.2. The molecule has 4 aromatic rings. The van der Waals surface area contributed by atoms with Crippen molar-refractivity contribution in [2.75, 3.05) is 11.9 Å². The smallest absolute Gasteiger partial charge is 0.255 e. The van der Waals surface area contributed by atoms with E-state index >= 15 is 0 Å². The molecule has 1 amide bonds.